The van der Waals surface area contributed by atoms with Crippen LogP contribution in [-0.2, 0) is 9.47 Å². The molecule has 0 aromatic carbocycles. The molecule has 12 nitrogen and oxygen atoms in total. The van der Waals surface area contributed by atoms with Crippen LogP contribution in [-0.4, -0.2) is 87.3 Å². The molecular weight excluding hydrogens is 554 g/mol. The van der Waals surface area contributed by atoms with Gasteiger partial charge in [0, 0.05) is 36.9 Å². The number of anilines is 1. The molecule has 13 heteroatoms. The van der Waals surface area contributed by atoms with Crippen LogP contribution in [0.15, 0.2) is 36.7 Å². The van der Waals surface area contributed by atoms with Gasteiger partial charge in [0.2, 0.25) is 0 Å². The van der Waals surface area contributed by atoms with Crippen LogP contribution in [0.4, 0.5) is 10.5 Å². The second kappa shape index (κ2) is 11.6. The lowest BCUT2D eigenvalue weighted by Crippen LogP contribution is -2.49. The number of urea groups is 1. The van der Waals surface area contributed by atoms with E-state index in [1.807, 2.05) is 35.4 Å². The lowest BCUT2D eigenvalue weighted by Gasteiger charge is -2.32. The maximum atomic E-state index is 12.6. The van der Waals surface area contributed by atoms with Gasteiger partial charge in [0.1, 0.15) is 11.1 Å². The first-order chi connectivity index (χ1) is 20.6. The number of ether oxygens (including phenoxy) is 2. The minimum absolute atomic E-state index is 0.0173. The molecule has 0 spiro atoms. The second-order valence-electron chi connectivity index (χ2n) is 10.9. The average molecular weight is 586 g/mol. The Labute approximate surface area is 246 Å². The van der Waals surface area contributed by atoms with Crippen LogP contribution < -0.4 is 10.6 Å². The summed E-state index contributed by atoms with van der Waals surface area (Å²) in [5, 5.41) is 31.5. The largest absolute Gasteiger partial charge is 0.378 e. The molecule has 3 aliphatic rings. The SMILES string of the molecule is N#Cc1cnn2c(-c3cc(NC4COC4)c(-c4nnc(C5CCC(NC(=O)N6CCOCC6)CC5)s4)cn3)ccc2c1. The van der Waals surface area contributed by atoms with Crippen molar-refractivity contribution in [2.45, 2.75) is 43.7 Å². The van der Waals surface area contributed by atoms with Gasteiger partial charge >= 0.3 is 6.03 Å². The number of carbonyl (C=O) groups excluding carboxylic acids is 1. The van der Waals surface area contributed by atoms with Crippen LogP contribution in [0.1, 0.15) is 42.2 Å². The number of hydrogen-bond donors (Lipinski definition) is 2. The molecule has 42 heavy (non-hydrogen) atoms. The fourth-order valence-corrected chi connectivity index (χ4v) is 6.74. The van der Waals surface area contributed by atoms with E-state index in [-0.39, 0.29) is 18.1 Å². The minimum Gasteiger partial charge on any atom is -0.378 e. The quantitative estimate of drug-likeness (QED) is 0.347. The van der Waals surface area contributed by atoms with E-state index in [9.17, 15) is 10.1 Å². The monoisotopic (exact) mass is 585 g/mol. The number of nitrogens with one attached hydrogen (secondary N) is 2. The van der Waals surface area contributed by atoms with Gasteiger partial charge < -0.3 is 25.0 Å². The molecular formula is C29H31N9O3S. The Hall–Kier alpha value is -4.12. The zero-order chi connectivity index (χ0) is 28.5. The van der Waals surface area contributed by atoms with Crippen molar-refractivity contribution in [3.05, 3.63) is 47.2 Å². The fraction of sp³-hybridized carbons (Fsp3) is 0.448. The number of aromatic nitrogens is 5. The molecule has 2 saturated heterocycles. The van der Waals surface area contributed by atoms with E-state index in [2.05, 4.69) is 32.0 Å². The first-order valence-corrected chi connectivity index (χ1v) is 15.2. The van der Waals surface area contributed by atoms with E-state index in [1.54, 1.807) is 22.0 Å². The standard InChI is InChI=1S/C29H31N9O3S/c30-13-18-11-22-5-6-26(38(22)32-14-18)25-12-24(33-21-16-41-17-21)23(15-31-25)28-36-35-27(42-28)19-1-3-20(4-2-19)34-29(39)37-7-9-40-10-8-37/h5-6,11-12,14-15,19-21H,1-4,7-10,16-17H2,(H,31,33)(H,34,39). The highest BCUT2D eigenvalue weighted by Crippen LogP contribution is 2.39. The summed E-state index contributed by atoms with van der Waals surface area (Å²) >= 11 is 1.62. The molecule has 3 fully saturated rings. The van der Waals surface area contributed by atoms with Gasteiger partial charge in [-0.1, -0.05) is 11.3 Å². The highest BCUT2D eigenvalue weighted by atomic mass is 32.1. The van der Waals surface area contributed by atoms with Crippen LogP contribution in [0.25, 0.3) is 27.5 Å². The average Bonchev–Trinajstić information content (AvgIpc) is 3.67. The normalized spacial score (nSPS) is 21.1. The van der Waals surface area contributed by atoms with Crippen LogP contribution >= 0.6 is 11.3 Å². The molecule has 4 aromatic rings. The van der Waals surface area contributed by atoms with E-state index >= 15 is 0 Å². The number of fused-ring (bicyclic) bond motifs is 1. The third-order valence-corrected chi connectivity index (χ3v) is 9.29. The molecule has 216 valence electrons. The topological polar surface area (TPSA) is 143 Å². The predicted octanol–water partition coefficient (Wildman–Crippen LogP) is 3.67. The smallest absolute Gasteiger partial charge is 0.317 e. The first kappa shape index (κ1) is 26.8. The zero-order valence-electron chi connectivity index (χ0n) is 23.0. The molecule has 1 saturated carbocycles. The molecule has 6 heterocycles. The van der Waals surface area contributed by atoms with Gasteiger partial charge in [-0.15, -0.1) is 10.2 Å². The van der Waals surface area contributed by atoms with E-state index in [1.165, 1.54) is 0 Å². The van der Waals surface area contributed by atoms with Gasteiger partial charge in [0.15, 0.2) is 5.01 Å². The minimum atomic E-state index is 0.0173. The molecule has 0 bridgehead atoms. The van der Waals surface area contributed by atoms with Crippen molar-refractivity contribution in [3.8, 4) is 28.0 Å². The van der Waals surface area contributed by atoms with E-state index < -0.39 is 0 Å². The van der Waals surface area contributed by atoms with Crippen molar-refractivity contribution < 1.29 is 14.3 Å². The van der Waals surface area contributed by atoms with Gasteiger partial charge in [0.25, 0.3) is 0 Å². The molecule has 0 radical (unpaired) electrons. The summed E-state index contributed by atoms with van der Waals surface area (Å²) in [6.45, 7) is 3.81. The number of hydrogen-bond acceptors (Lipinski definition) is 10. The fourth-order valence-electron chi connectivity index (χ4n) is 5.70. The maximum absolute atomic E-state index is 12.6. The first-order valence-electron chi connectivity index (χ1n) is 14.3. The molecule has 0 unspecified atom stereocenters. The summed E-state index contributed by atoms with van der Waals surface area (Å²) in [5.74, 6) is 0.327. The van der Waals surface area contributed by atoms with Crippen molar-refractivity contribution in [1.29, 1.82) is 5.26 Å². The van der Waals surface area contributed by atoms with Gasteiger partial charge in [0.05, 0.1) is 66.7 Å². The van der Waals surface area contributed by atoms with Crippen molar-refractivity contribution >= 4 is 28.6 Å². The number of nitrogens with zero attached hydrogens (tertiary/aromatic N) is 7. The van der Waals surface area contributed by atoms with E-state index in [0.29, 0.717) is 51.0 Å². The second-order valence-corrected chi connectivity index (χ2v) is 12.0. The zero-order valence-corrected chi connectivity index (χ0v) is 23.8. The van der Waals surface area contributed by atoms with Crippen LogP contribution in [0.5, 0.6) is 0 Å². The summed E-state index contributed by atoms with van der Waals surface area (Å²) in [4.78, 5) is 19.2. The molecule has 7 rings (SSSR count). The molecule has 4 aromatic heterocycles. The molecule has 1 aliphatic carbocycles. The van der Waals surface area contributed by atoms with Crippen LogP contribution in [0, 0.1) is 11.3 Å². The highest BCUT2D eigenvalue weighted by Gasteiger charge is 2.29. The number of amides is 2. The number of nitriles is 1. The summed E-state index contributed by atoms with van der Waals surface area (Å²) in [6, 6.07) is 10.3. The van der Waals surface area contributed by atoms with Crippen LogP contribution in [0.2, 0.25) is 0 Å². The summed E-state index contributed by atoms with van der Waals surface area (Å²) < 4.78 is 12.6. The number of morpholine rings is 1. The van der Waals surface area contributed by atoms with Gasteiger partial charge in [-0.25, -0.2) is 9.31 Å². The Morgan fingerprint density at radius 2 is 1.86 bits per heavy atom. The molecule has 2 amide bonds. The predicted molar refractivity (Wildman–Crippen MR) is 156 cm³/mol. The Kier molecular flexibility index (Phi) is 7.41. The molecule has 0 atom stereocenters. The lowest BCUT2D eigenvalue weighted by atomic mass is 9.86. The van der Waals surface area contributed by atoms with Crippen molar-refractivity contribution in [1.82, 2.24) is 35.0 Å². The van der Waals surface area contributed by atoms with Crippen molar-refractivity contribution in [2.75, 3.05) is 44.8 Å². The van der Waals surface area contributed by atoms with Crippen LogP contribution in [0.3, 0.4) is 0 Å². The van der Waals surface area contributed by atoms with Crippen molar-refractivity contribution in [3.63, 3.8) is 0 Å². The maximum Gasteiger partial charge on any atom is 0.317 e. The number of rotatable bonds is 6. The van der Waals surface area contributed by atoms with Gasteiger partial charge in [-0.3, -0.25) is 4.98 Å². The Balaban J connectivity index is 1.07. The number of carbonyl (C=O) groups is 1. The Morgan fingerprint density at radius 3 is 2.62 bits per heavy atom. The lowest BCUT2D eigenvalue weighted by molar-refractivity contribution is 0.0211. The van der Waals surface area contributed by atoms with E-state index in [0.717, 1.165) is 63.9 Å². The summed E-state index contributed by atoms with van der Waals surface area (Å²) in [7, 11) is 0. The van der Waals surface area contributed by atoms with E-state index in [4.69, 9.17) is 14.5 Å². The van der Waals surface area contributed by atoms with Gasteiger partial charge in [-0.05, 0) is 49.9 Å². The summed E-state index contributed by atoms with van der Waals surface area (Å²) in [6.07, 6.45) is 7.19. The van der Waals surface area contributed by atoms with Crippen molar-refractivity contribution in [2.24, 2.45) is 0 Å². The Morgan fingerprint density at radius 1 is 1.02 bits per heavy atom. The molecule has 2 aliphatic heterocycles. The third kappa shape index (κ3) is 5.40. The summed E-state index contributed by atoms with van der Waals surface area (Å²) in [5.41, 5.74) is 4.78. The Bertz CT molecular complexity index is 1630. The van der Waals surface area contributed by atoms with Gasteiger partial charge in [-0.2, -0.15) is 10.4 Å². The number of pyridine rings is 1. The third-order valence-electron chi connectivity index (χ3n) is 8.17. The molecule has 2 N–H and O–H groups in total. The highest BCUT2D eigenvalue weighted by molar-refractivity contribution is 7.14.